The van der Waals surface area contributed by atoms with Gasteiger partial charge in [0.2, 0.25) is 0 Å². The lowest BCUT2D eigenvalue weighted by molar-refractivity contribution is -0.121. The molecule has 0 aromatic carbocycles. The van der Waals surface area contributed by atoms with Crippen LogP contribution in [0.4, 0.5) is 0 Å². The molecule has 7 heteroatoms. The van der Waals surface area contributed by atoms with Crippen LogP contribution in [0.3, 0.4) is 0 Å². The average Bonchev–Trinajstić information content (AvgIpc) is 2.90. The van der Waals surface area contributed by atoms with Gasteiger partial charge in [-0.3, -0.25) is 9.48 Å². The van der Waals surface area contributed by atoms with Gasteiger partial charge in [0.05, 0.1) is 22.1 Å². The Morgan fingerprint density at radius 1 is 1.50 bits per heavy atom. The highest BCUT2D eigenvalue weighted by molar-refractivity contribution is 9.10. The van der Waals surface area contributed by atoms with E-state index in [0.29, 0.717) is 5.76 Å². The zero-order valence-electron chi connectivity index (χ0n) is 11.5. The molecule has 2 rings (SSSR count). The third kappa shape index (κ3) is 3.36. The molecule has 2 heterocycles. The number of carbonyl (C=O) groups excluding carboxylic acids is 1. The maximum Gasteiger partial charge on any atom is 0.261 e. The van der Waals surface area contributed by atoms with Gasteiger partial charge in [-0.2, -0.15) is 10.2 Å². The zero-order valence-corrected chi connectivity index (χ0v) is 13.1. The van der Waals surface area contributed by atoms with E-state index in [4.69, 9.17) is 4.42 Å². The van der Waals surface area contributed by atoms with Crippen LogP contribution in [0.2, 0.25) is 0 Å². The lowest BCUT2D eigenvalue weighted by Crippen LogP contribution is -2.24. The van der Waals surface area contributed by atoms with E-state index in [-0.39, 0.29) is 12.5 Å². The average molecular weight is 339 g/mol. The van der Waals surface area contributed by atoms with Gasteiger partial charge in [-0.05, 0) is 48.8 Å². The molecular formula is C13H15BrN4O2. The van der Waals surface area contributed by atoms with Crippen LogP contribution in [-0.2, 0) is 11.3 Å². The molecule has 0 aliphatic rings. The van der Waals surface area contributed by atoms with E-state index in [2.05, 4.69) is 31.6 Å². The Bertz CT molecular complexity index is 657. The topological polar surface area (TPSA) is 72.4 Å². The monoisotopic (exact) mass is 338 g/mol. The van der Waals surface area contributed by atoms with Crippen LogP contribution in [0.1, 0.15) is 22.9 Å². The highest BCUT2D eigenvalue weighted by atomic mass is 79.9. The second kappa shape index (κ2) is 6.04. The second-order valence-corrected chi connectivity index (χ2v) is 5.18. The summed E-state index contributed by atoms with van der Waals surface area (Å²) < 4.78 is 7.84. The molecular weight excluding hydrogens is 324 g/mol. The molecule has 0 aliphatic carbocycles. The SMILES string of the molecule is Cc1ccc(/C=N\NC(=O)Cn2nc(C)c(Br)c2C)o1. The van der Waals surface area contributed by atoms with Gasteiger partial charge < -0.3 is 4.42 Å². The van der Waals surface area contributed by atoms with Crippen molar-refractivity contribution in [2.45, 2.75) is 27.3 Å². The fourth-order valence-electron chi connectivity index (χ4n) is 1.69. The summed E-state index contributed by atoms with van der Waals surface area (Å²) in [7, 11) is 0. The lowest BCUT2D eigenvalue weighted by Gasteiger charge is -2.02. The van der Waals surface area contributed by atoms with E-state index in [1.54, 1.807) is 10.7 Å². The number of amides is 1. The van der Waals surface area contributed by atoms with Crippen LogP contribution in [0.15, 0.2) is 26.1 Å². The summed E-state index contributed by atoms with van der Waals surface area (Å²) in [6.45, 7) is 5.73. The minimum Gasteiger partial charge on any atom is -0.460 e. The molecule has 0 aliphatic heterocycles. The summed E-state index contributed by atoms with van der Waals surface area (Å²) >= 11 is 3.42. The summed E-state index contributed by atoms with van der Waals surface area (Å²) in [5.74, 6) is 1.14. The molecule has 0 saturated heterocycles. The first kappa shape index (κ1) is 14.5. The van der Waals surface area contributed by atoms with Crippen molar-refractivity contribution in [2.24, 2.45) is 5.10 Å². The fourth-order valence-corrected chi connectivity index (χ4v) is 1.98. The molecule has 6 nitrogen and oxygen atoms in total. The molecule has 0 unspecified atom stereocenters. The summed E-state index contributed by atoms with van der Waals surface area (Å²) in [5.41, 5.74) is 4.20. The minimum atomic E-state index is -0.248. The van der Waals surface area contributed by atoms with Crippen molar-refractivity contribution < 1.29 is 9.21 Å². The van der Waals surface area contributed by atoms with Gasteiger partial charge in [-0.25, -0.2) is 5.43 Å². The Labute approximate surface area is 125 Å². The minimum absolute atomic E-state index is 0.118. The number of aromatic nitrogens is 2. The van der Waals surface area contributed by atoms with E-state index >= 15 is 0 Å². The highest BCUT2D eigenvalue weighted by Crippen LogP contribution is 2.19. The van der Waals surface area contributed by atoms with E-state index in [9.17, 15) is 4.79 Å². The molecule has 0 bridgehead atoms. The van der Waals surface area contributed by atoms with Crippen molar-refractivity contribution in [1.29, 1.82) is 0 Å². The largest absolute Gasteiger partial charge is 0.460 e. The van der Waals surface area contributed by atoms with Crippen molar-refractivity contribution >= 4 is 28.1 Å². The molecule has 0 fully saturated rings. The molecule has 0 radical (unpaired) electrons. The molecule has 0 spiro atoms. The van der Waals surface area contributed by atoms with Crippen molar-refractivity contribution in [3.05, 3.63) is 39.5 Å². The highest BCUT2D eigenvalue weighted by Gasteiger charge is 2.11. The first-order chi connectivity index (χ1) is 9.47. The molecule has 0 saturated carbocycles. The Hall–Kier alpha value is -1.89. The summed E-state index contributed by atoms with van der Waals surface area (Å²) in [6, 6.07) is 3.61. The van der Waals surface area contributed by atoms with Gasteiger partial charge in [0, 0.05) is 0 Å². The summed E-state index contributed by atoms with van der Waals surface area (Å²) in [5, 5.41) is 8.10. The smallest absolute Gasteiger partial charge is 0.261 e. The van der Waals surface area contributed by atoms with Crippen molar-refractivity contribution in [2.75, 3.05) is 0 Å². The molecule has 0 atom stereocenters. The van der Waals surface area contributed by atoms with Crippen LogP contribution < -0.4 is 5.43 Å². The fraction of sp³-hybridized carbons (Fsp3) is 0.308. The molecule has 20 heavy (non-hydrogen) atoms. The standard InChI is InChI=1S/C13H15BrN4O2/c1-8-4-5-11(20-8)6-15-16-12(19)7-18-10(3)13(14)9(2)17-18/h4-6H,7H2,1-3H3,(H,16,19)/b15-6-. The number of halogens is 1. The quantitative estimate of drug-likeness (QED) is 0.686. The second-order valence-electron chi connectivity index (χ2n) is 4.38. The molecule has 1 amide bonds. The van der Waals surface area contributed by atoms with Crippen molar-refractivity contribution in [3.63, 3.8) is 0 Å². The van der Waals surface area contributed by atoms with Gasteiger partial charge in [0.1, 0.15) is 18.1 Å². The lowest BCUT2D eigenvalue weighted by atomic mass is 10.4. The third-order valence-electron chi connectivity index (χ3n) is 2.73. The summed E-state index contributed by atoms with van der Waals surface area (Å²) in [4.78, 5) is 11.7. The first-order valence-corrected chi connectivity index (χ1v) is 6.84. The predicted molar refractivity (Wildman–Crippen MR) is 78.6 cm³/mol. The van der Waals surface area contributed by atoms with E-state index in [1.165, 1.54) is 6.21 Å². The van der Waals surface area contributed by atoms with Gasteiger partial charge in [0.25, 0.3) is 5.91 Å². The van der Waals surface area contributed by atoms with E-state index in [0.717, 1.165) is 21.6 Å². The molecule has 106 valence electrons. The number of hydrazone groups is 1. The third-order valence-corrected chi connectivity index (χ3v) is 3.88. The van der Waals surface area contributed by atoms with Crippen molar-refractivity contribution in [3.8, 4) is 0 Å². The number of aryl methyl sites for hydroxylation is 2. The Morgan fingerprint density at radius 3 is 2.80 bits per heavy atom. The maximum absolute atomic E-state index is 11.7. The van der Waals surface area contributed by atoms with Crippen molar-refractivity contribution in [1.82, 2.24) is 15.2 Å². The molecule has 1 N–H and O–H groups in total. The Morgan fingerprint density at radius 2 is 2.25 bits per heavy atom. The van der Waals surface area contributed by atoms with Gasteiger partial charge in [0.15, 0.2) is 0 Å². The number of nitrogens with zero attached hydrogens (tertiary/aromatic N) is 3. The number of carbonyl (C=O) groups is 1. The maximum atomic E-state index is 11.7. The van der Waals surface area contributed by atoms with Gasteiger partial charge in [-0.1, -0.05) is 0 Å². The van der Waals surface area contributed by atoms with Crippen LogP contribution in [0.5, 0.6) is 0 Å². The Balaban J connectivity index is 1.92. The number of hydrogen-bond donors (Lipinski definition) is 1. The van der Waals surface area contributed by atoms with Crippen LogP contribution in [0.25, 0.3) is 0 Å². The number of rotatable bonds is 4. The van der Waals surface area contributed by atoms with E-state index in [1.807, 2.05) is 26.8 Å². The van der Waals surface area contributed by atoms with Gasteiger partial charge >= 0.3 is 0 Å². The van der Waals surface area contributed by atoms with Crippen LogP contribution >= 0.6 is 15.9 Å². The number of furan rings is 1. The predicted octanol–water partition coefficient (Wildman–Crippen LogP) is 2.31. The number of nitrogens with one attached hydrogen (secondary N) is 1. The first-order valence-electron chi connectivity index (χ1n) is 6.05. The molecule has 2 aromatic heterocycles. The Kier molecular flexibility index (Phi) is 4.39. The van der Waals surface area contributed by atoms with E-state index < -0.39 is 0 Å². The van der Waals surface area contributed by atoms with Crippen LogP contribution in [0, 0.1) is 20.8 Å². The molecule has 2 aromatic rings. The normalized spacial score (nSPS) is 11.2. The van der Waals surface area contributed by atoms with Crippen LogP contribution in [-0.4, -0.2) is 21.9 Å². The summed E-state index contributed by atoms with van der Waals surface area (Å²) in [6.07, 6.45) is 1.46. The zero-order chi connectivity index (χ0) is 14.7. The number of hydrogen-bond acceptors (Lipinski definition) is 4. The van der Waals surface area contributed by atoms with Gasteiger partial charge in [-0.15, -0.1) is 0 Å².